The maximum absolute atomic E-state index is 14.6. The summed E-state index contributed by atoms with van der Waals surface area (Å²) in [6.07, 6.45) is 6.06. The lowest BCUT2D eigenvalue weighted by Gasteiger charge is -2.45. The largest absolute Gasteiger partial charge is 0.497 e. The summed E-state index contributed by atoms with van der Waals surface area (Å²) in [5, 5.41) is 5.77. The van der Waals surface area contributed by atoms with Crippen molar-refractivity contribution in [2.45, 2.75) is 91.5 Å². The molecule has 3 atom stereocenters. The second-order valence-electron chi connectivity index (χ2n) is 11.8. The second-order valence-corrected chi connectivity index (χ2v) is 11.8. The van der Waals surface area contributed by atoms with E-state index >= 15 is 0 Å². The molecule has 0 radical (unpaired) electrons. The van der Waals surface area contributed by atoms with Crippen LogP contribution in [0.5, 0.6) is 5.75 Å². The molecule has 41 heavy (non-hydrogen) atoms. The highest BCUT2D eigenvalue weighted by Gasteiger charge is 2.44. The predicted molar refractivity (Wildman–Crippen MR) is 163 cm³/mol. The number of methoxy groups -OCH3 is 1. The van der Waals surface area contributed by atoms with E-state index in [0.29, 0.717) is 35.4 Å². The van der Waals surface area contributed by atoms with Gasteiger partial charge in [0, 0.05) is 16.8 Å². The summed E-state index contributed by atoms with van der Waals surface area (Å²) in [5.74, 6) is 2.22. The molecule has 3 amide bonds. The highest BCUT2D eigenvalue weighted by atomic mass is 16.6. The van der Waals surface area contributed by atoms with E-state index in [1.807, 2.05) is 34.6 Å². The number of ether oxygens (including phenoxy) is 2. The van der Waals surface area contributed by atoms with Crippen molar-refractivity contribution < 1.29 is 23.9 Å². The lowest BCUT2D eigenvalue weighted by Crippen LogP contribution is -2.60. The Balaban J connectivity index is 2.66. The minimum atomic E-state index is -1.03. The zero-order valence-electron chi connectivity index (χ0n) is 25.8. The van der Waals surface area contributed by atoms with Crippen LogP contribution in [0.3, 0.4) is 0 Å². The molecule has 0 aliphatic carbocycles. The van der Waals surface area contributed by atoms with E-state index in [2.05, 4.69) is 16.6 Å². The molecule has 0 heterocycles. The van der Waals surface area contributed by atoms with Crippen molar-refractivity contribution in [3.63, 3.8) is 0 Å². The summed E-state index contributed by atoms with van der Waals surface area (Å²) in [7, 11) is 1.57. The third kappa shape index (κ3) is 9.01. The molecule has 0 aromatic heterocycles. The number of hydrogen-bond donors (Lipinski definition) is 2. The van der Waals surface area contributed by atoms with Crippen LogP contribution in [0.4, 0.5) is 10.5 Å². The fourth-order valence-electron chi connectivity index (χ4n) is 4.28. The van der Waals surface area contributed by atoms with Crippen molar-refractivity contribution in [2.75, 3.05) is 12.4 Å². The lowest BCUT2D eigenvalue weighted by molar-refractivity contribution is -0.148. The molecule has 2 aromatic rings. The molecule has 0 fully saturated rings. The molecule has 8 nitrogen and oxygen atoms in total. The topological polar surface area (TPSA) is 97.0 Å². The number of benzene rings is 2. The summed E-state index contributed by atoms with van der Waals surface area (Å²) in [6, 6.07) is 12.0. The van der Waals surface area contributed by atoms with Gasteiger partial charge in [-0.1, -0.05) is 45.2 Å². The SMILES string of the molecule is C#Cc1ccc(C(C(=O)Nc2ccc(OC)cc2)N(C(=O)C(NC(=O)OC(C)(C)C)C(C)CC)C(C)(C)CC)cc1. The number of carbonyl (C=O) groups is 3. The van der Waals surface area contributed by atoms with Crippen LogP contribution in [0.25, 0.3) is 0 Å². The van der Waals surface area contributed by atoms with Crippen molar-refractivity contribution in [3.8, 4) is 18.1 Å². The van der Waals surface area contributed by atoms with E-state index in [0.717, 1.165) is 0 Å². The van der Waals surface area contributed by atoms with Crippen LogP contribution >= 0.6 is 0 Å². The molecule has 0 spiro atoms. The van der Waals surface area contributed by atoms with Crippen LogP contribution in [-0.2, 0) is 14.3 Å². The first kappa shape index (κ1) is 33.2. The van der Waals surface area contributed by atoms with Crippen LogP contribution < -0.4 is 15.4 Å². The quantitative estimate of drug-likeness (QED) is 0.312. The fourth-order valence-corrected chi connectivity index (χ4v) is 4.28. The Bertz CT molecular complexity index is 1220. The molecule has 2 aromatic carbocycles. The molecule has 8 heteroatoms. The maximum atomic E-state index is 14.6. The van der Waals surface area contributed by atoms with E-state index in [-0.39, 0.29) is 11.8 Å². The van der Waals surface area contributed by atoms with Crippen molar-refractivity contribution in [3.05, 3.63) is 59.7 Å². The van der Waals surface area contributed by atoms with Gasteiger partial charge in [-0.25, -0.2) is 4.79 Å². The van der Waals surface area contributed by atoms with E-state index in [1.165, 1.54) is 0 Å². The number of nitrogens with zero attached hydrogens (tertiary/aromatic N) is 1. The van der Waals surface area contributed by atoms with Crippen molar-refractivity contribution in [1.29, 1.82) is 0 Å². The van der Waals surface area contributed by atoms with Gasteiger partial charge in [0.15, 0.2) is 0 Å². The lowest BCUT2D eigenvalue weighted by atomic mass is 9.89. The molecule has 0 saturated carbocycles. The van der Waals surface area contributed by atoms with Crippen LogP contribution in [-0.4, -0.2) is 47.1 Å². The highest BCUT2D eigenvalue weighted by molar-refractivity contribution is 5.99. The fraction of sp³-hybridized carbons (Fsp3) is 0.485. The number of nitrogens with one attached hydrogen (secondary N) is 2. The summed E-state index contributed by atoms with van der Waals surface area (Å²) in [5.41, 5.74) is 0.276. The summed E-state index contributed by atoms with van der Waals surface area (Å²) in [4.78, 5) is 43.1. The van der Waals surface area contributed by atoms with Crippen molar-refractivity contribution in [2.24, 2.45) is 5.92 Å². The molecule has 0 aliphatic heterocycles. The molecule has 0 aliphatic rings. The number of amides is 3. The van der Waals surface area contributed by atoms with Crippen LogP contribution in [0.15, 0.2) is 48.5 Å². The van der Waals surface area contributed by atoms with Gasteiger partial charge in [-0.15, -0.1) is 6.42 Å². The molecule has 222 valence electrons. The first-order valence-corrected chi connectivity index (χ1v) is 14.0. The minimum absolute atomic E-state index is 0.237. The van der Waals surface area contributed by atoms with Gasteiger partial charge in [0.1, 0.15) is 23.4 Å². The van der Waals surface area contributed by atoms with Gasteiger partial charge in [0.25, 0.3) is 5.91 Å². The highest BCUT2D eigenvalue weighted by Crippen LogP contribution is 2.34. The van der Waals surface area contributed by atoms with Gasteiger partial charge in [0.05, 0.1) is 7.11 Å². The monoisotopic (exact) mass is 563 g/mol. The maximum Gasteiger partial charge on any atom is 0.408 e. The van der Waals surface area contributed by atoms with Gasteiger partial charge < -0.3 is 25.0 Å². The van der Waals surface area contributed by atoms with Gasteiger partial charge in [0.2, 0.25) is 5.91 Å². The zero-order chi connectivity index (χ0) is 31.0. The van der Waals surface area contributed by atoms with Gasteiger partial charge >= 0.3 is 6.09 Å². The number of terminal acetylenes is 1. The van der Waals surface area contributed by atoms with Crippen molar-refractivity contribution >= 4 is 23.6 Å². The average Bonchev–Trinajstić information content (AvgIpc) is 2.93. The number of alkyl carbamates (subject to hydrolysis) is 1. The molecule has 3 unspecified atom stereocenters. The van der Waals surface area contributed by atoms with Gasteiger partial charge in [-0.3, -0.25) is 9.59 Å². The first-order chi connectivity index (χ1) is 19.2. The number of carbonyl (C=O) groups excluding carboxylic acids is 3. The molecule has 0 saturated heterocycles. The van der Waals surface area contributed by atoms with Gasteiger partial charge in [-0.2, -0.15) is 0 Å². The van der Waals surface area contributed by atoms with Gasteiger partial charge in [-0.05, 0) is 88.9 Å². The minimum Gasteiger partial charge on any atom is -0.497 e. The molecule has 2 N–H and O–H groups in total. The molecule has 2 rings (SSSR count). The Morgan fingerprint density at radius 2 is 1.56 bits per heavy atom. The summed E-state index contributed by atoms with van der Waals surface area (Å²) in [6.45, 7) is 14.9. The first-order valence-electron chi connectivity index (χ1n) is 14.0. The Morgan fingerprint density at radius 1 is 0.976 bits per heavy atom. The number of anilines is 1. The molecular weight excluding hydrogens is 518 g/mol. The Kier molecular flexibility index (Phi) is 11.4. The summed E-state index contributed by atoms with van der Waals surface area (Å²) >= 11 is 0. The third-order valence-corrected chi connectivity index (χ3v) is 7.16. The summed E-state index contributed by atoms with van der Waals surface area (Å²) < 4.78 is 10.7. The molecule has 0 bridgehead atoms. The van der Waals surface area contributed by atoms with Crippen LogP contribution in [0.1, 0.15) is 85.4 Å². The zero-order valence-corrected chi connectivity index (χ0v) is 25.8. The predicted octanol–water partition coefficient (Wildman–Crippen LogP) is 6.31. The molecular formula is C33H45N3O5. The van der Waals surface area contributed by atoms with E-state index in [4.69, 9.17) is 15.9 Å². The van der Waals surface area contributed by atoms with Crippen LogP contribution in [0.2, 0.25) is 0 Å². The standard InChI is InChI=1S/C33H45N3O5/c1-11-22(4)27(35-31(39)41-32(5,6)7)30(38)36(33(8,9)13-3)28(24-16-14-23(12-2)15-17-24)29(37)34-25-18-20-26(40-10)21-19-25/h2,14-22,27-28H,11,13H2,1,3-10H3,(H,34,37)(H,35,39). The van der Waals surface area contributed by atoms with Crippen LogP contribution in [0, 0.1) is 18.3 Å². The second kappa shape index (κ2) is 14.1. The normalized spacial score (nSPS) is 13.7. The Hall–Kier alpha value is -3.99. The average molecular weight is 564 g/mol. The number of hydrogen-bond acceptors (Lipinski definition) is 5. The Labute approximate surface area is 245 Å². The van der Waals surface area contributed by atoms with E-state index in [9.17, 15) is 14.4 Å². The Morgan fingerprint density at radius 3 is 2.02 bits per heavy atom. The number of rotatable bonds is 11. The third-order valence-electron chi connectivity index (χ3n) is 7.16. The van der Waals surface area contributed by atoms with E-state index in [1.54, 1.807) is 81.3 Å². The smallest absolute Gasteiger partial charge is 0.408 e. The van der Waals surface area contributed by atoms with E-state index < -0.39 is 35.2 Å². The van der Waals surface area contributed by atoms with Crippen molar-refractivity contribution in [1.82, 2.24) is 10.2 Å².